The van der Waals surface area contributed by atoms with Gasteiger partial charge in [0.05, 0.1) is 13.2 Å². The van der Waals surface area contributed by atoms with Crippen LogP contribution < -0.4 is 11.1 Å². The zero-order valence-corrected chi connectivity index (χ0v) is 13.6. The molecule has 0 aliphatic carbocycles. The number of nitrogens with zero attached hydrogens (tertiary/aromatic N) is 1. The van der Waals surface area contributed by atoms with Gasteiger partial charge in [0.15, 0.2) is 0 Å². The molecule has 0 aromatic carbocycles. The molecular formula is C16H33N3O. The lowest BCUT2D eigenvalue weighted by atomic mass is 9.87. The van der Waals surface area contributed by atoms with Crippen LogP contribution in [-0.2, 0) is 4.74 Å². The molecule has 1 aliphatic rings. The maximum Gasteiger partial charge on any atom is 0.0672 e. The van der Waals surface area contributed by atoms with Crippen LogP contribution in [0.5, 0.6) is 0 Å². The smallest absolute Gasteiger partial charge is 0.0672 e. The highest BCUT2D eigenvalue weighted by molar-refractivity contribution is 4.94. The molecular weight excluding hydrogens is 250 g/mol. The van der Waals surface area contributed by atoms with Gasteiger partial charge in [-0.05, 0) is 38.8 Å². The Labute approximate surface area is 124 Å². The summed E-state index contributed by atoms with van der Waals surface area (Å²) in [6, 6.07) is 0. The number of rotatable bonds is 9. The summed E-state index contributed by atoms with van der Waals surface area (Å²) in [4.78, 5) is 2.55. The van der Waals surface area contributed by atoms with Crippen molar-refractivity contribution in [3.63, 3.8) is 0 Å². The van der Waals surface area contributed by atoms with Gasteiger partial charge in [0.25, 0.3) is 0 Å². The van der Waals surface area contributed by atoms with Crippen LogP contribution in [0.4, 0.5) is 0 Å². The quantitative estimate of drug-likeness (QED) is 0.499. The normalized spacial score (nSPS) is 19.4. The minimum absolute atomic E-state index is 0.111. The van der Waals surface area contributed by atoms with Crippen molar-refractivity contribution in [3.05, 3.63) is 12.2 Å². The Kier molecular flexibility index (Phi) is 7.74. The molecule has 4 heteroatoms. The average Bonchev–Trinajstić information content (AvgIpc) is 2.39. The summed E-state index contributed by atoms with van der Waals surface area (Å²) < 4.78 is 5.54. The minimum atomic E-state index is 0.111. The van der Waals surface area contributed by atoms with Gasteiger partial charge in [0, 0.05) is 25.2 Å². The lowest BCUT2D eigenvalue weighted by Crippen LogP contribution is -2.58. The van der Waals surface area contributed by atoms with Crippen molar-refractivity contribution >= 4 is 0 Å². The van der Waals surface area contributed by atoms with Crippen molar-refractivity contribution in [2.75, 3.05) is 45.9 Å². The van der Waals surface area contributed by atoms with Gasteiger partial charge in [-0.3, -0.25) is 0 Å². The number of ether oxygens (including phenoxy) is 1. The molecule has 0 aromatic heterocycles. The third-order valence-corrected chi connectivity index (χ3v) is 3.92. The second-order valence-corrected chi connectivity index (χ2v) is 6.62. The largest absolute Gasteiger partial charge is 0.376 e. The first kappa shape index (κ1) is 17.6. The molecule has 0 amide bonds. The molecule has 0 atom stereocenters. The van der Waals surface area contributed by atoms with Crippen LogP contribution in [0.1, 0.15) is 33.6 Å². The average molecular weight is 283 g/mol. The monoisotopic (exact) mass is 283 g/mol. The lowest BCUT2D eigenvalue weighted by molar-refractivity contribution is 0.109. The molecule has 1 heterocycles. The SMILES string of the molecule is C=C(C)COCCNC1(CN)CCN(CC(C)C)CC1. The van der Waals surface area contributed by atoms with Crippen LogP contribution in [0.3, 0.4) is 0 Å². The predicted molar refractivity (Wildman–Crippen MR) is 85.9 cm³/mol. The predicted octanol–water partition coefficient (Wildman–Crippen LogP) is 1.62. The molecule has 1 fully saturated rings. The number of piperidine rings is 1. The first-order valence-electron chi connectivity index (χ1n) is 7.87. The fourth-order valence-corrected chi connectivity index (χ4v) is 2.77. The molecule has 0 aromatic rings. The number of nitrogens with one attached hydrogen (secondary N) is 1. The van der Waals surface area contributed by atoms with Crippen LogP contribution in [-0.4, -0.2) is 56.4 Å². The van der Waals surface area contributed by atoms with E-state index >= 15 is 0 Å². The fourth-order valence-electron chi connectivity index (χ4n) is 2.77. The van der Waals surface area contributed by atoms with Crippen molar-refractivity contribution in [1.82, 2.24) is 10.2 Å². The molecule has 0 bridgehead atoms. The van der Waals surface area contributed by atoms with E-state index in [1.54, 1.807) is 0 Å². The molecule has 0 radical (unpaired) electrons. The molecule has 3 N–H and O–H groups in total. The van der Waals surface area contributed by atoms with Crippen LogP contribution >= 0.6 is 0 Å². The van der Waals surface area contributed by atoms with E-state index in [4.69, 9.17) is 10.5 Å². The summed E-state index contributed by atoms with van der Waals surface area (Å²) in [6.07, 6.45) is 2.27. The van der Waals surface area contributed by atoms with Crippen molar-refractivity contribution in [3.8, 4) is 0 Å². The van der Waals surface area contributed by atoms with Gasteiger partial charge in [0.1, 0.15) is 0 Å². The van der Waals surface area contributed by atoms with Crippen molar-refractivity contribution in [1.29, 1.82) is 0 Å². The minimum Gasteiger partial charge on any atom is -0.376 e. The number of nitrogens with two attached hydrogens (primary N) is 1. The molecule has 4 nitrogen and oxygen atoms in total. The highest BCUT2D eigenvalue weighted by atomic mass is 16.5. The second kappa shape index (κ2) is 8.78. The topological polar surface area (TPSA) is 50.5 Å². The third kappa shape index (κ3) is 6.35. The molecule has 118 valence electrons. The first-order valence-corrected chi connectivity index (χ1v) is 7.87. The summed E-state index contributed by atoms with van der Waals surface area (Å²) in [5.41, 5.74) is 7.19. The van der Waals surface area contributed by atoms with E-state index in [9.17, 15) is 0 Å². The van der Waals surface area contributed by atoms with Gasteiger partial charge < -0.3 is 20.7 Å². The van der Waals surface area contributed by atoms with Crippen molar-refractivity contribution in [2.24, 2.45) is 11.7 Å². The number of hydrogen-bond donors (Lipinski definition) is 2. The van der Waals surface area contributed by atoms with Gasteiger partial charge in [-0.1, -0.05) is 26.0 Å². The Morgan fingerprint density at radius 1 is 1.40 bits per heavy atom. The highest BCUT2D eigenvalue weighted by Crippen LogP contribution is 2.21. The maximum absolute atomic E-state index is 6.01. The van der Waals surface area contributed by atoms with E-state index in [1.165, 1.54) is 6.54 Å². The number of likely N-dealkylation sites (tertiary alicyclic amines) is 1. The van der Waals surface area contributed by atoms with E-state index in [1.807, 2.05) is 6.92 Å². The summed E-state index contributed by atoms with van der Waals surface area (Å²) >= 11 is 0. The fraction of sp³-hybridized carbons (Fsp3) is 0.875. The van der Waals surface area contributed by atoms with Gasteiger partial charge >= 0.3 is 0 Å². The number of hydrogen-bond acceptors (Lipinski definition) is 4. The van der Waals surface area contributed by atoms with E-state index in [0.717, 1.165) is 50.6 Å². The summed E-state index contributed by atoms with van der Waals surface area (Å²) in [5.74, 6) is 0.740. The van der Waals surface area contributed by atoms with Gasteiger partial charge in [-0.2, -0.15) is 0 Å². The molecule has 1 aliphatic heterocycles. The molecule has 1 rings (SSSR count). The van der Waals surface area contributed by atoms with E-state index in [-0.39, 0.29) is 5.54 Å². The Morgan fingerprint density at radius 3 is 2.55 bits per heavy atom. The molecule has 1 saturated heterocycles. The maximum atomic E-state index is 6.01. The Hall–Kier alpha value is -0.420. The Bertz CT molecular complexity index is 283. The van der Waals surface area contributed by atoms with Crippen molar-refractivity contribution < 1.29 is 4.74 Å². The molecule has 0 saturated carbocycles. The Balaban J connectivity index is 2.26. The Morgan fingerprint density at radius 2 is 2.05 bits per heavy atom. The summed E-state index contributed by atoms with van der Waals surface area (Å²) in [5, 5.41) is 3.63. The standard InChI is InChI=1S/C16H33N3O/c1-14(2)11-19-8-5-16(13-17,6-9-19)18-7-10-20-12-15(3)4/h14,18H,3,5-13,17H2,1-2,4H3. The van der Waals surface area contributed by atoms with Crippen LogP contribution in [0.2, 0.25) is 0 Å². The first-order chi connectivity index (χ1) is 9.47. The third-order valence-electron chi connectivity index (χ3n) is 3.92. The van der Waals surface area contributed by atoms with Gasteiger partial charge in [-0.15, -0.1) is 0 Å². The lowest BCUT2D eigenvalue weighted by Gasteiger charge is -2.42. The zero-order chi connectivity index (χ0) is 15.0. The van der Waals surface area contributed by atoms with E-state index < -0.39 is 0 Å². The van der Waals surface area contributed by atoms with Crippen molar-refractivity contribution in [2.45, 2.75) is 39.2 Å². The summed E-state index contributed by atoms with van der Waals surface area (Å²) in [6.45, 7) is 16.8. The van der Waals surface area contributed by atoms with Crippen LogP contribution in [0.15, 0.2) is 12.2 Å². The van der Waals surface area contributed by atoms with Crippen LogP contribution in [0.25, 0.3) is 0 Å². The van der Waals surface area contributed by atoms with E-state index in [2.05, 4.69) is 30.6 Å². The highest BCUT2D eigenvalue weighted by Gasteiger charge is 2.32. The molecule has 20 heavy (non-hydrogen) atoms. The van der Waals surface area contributed by atoms with Gasteiger partial charge in [-0.25, -0.2) is 0 Å². The summed E-state index contributed by atoms with van der Waals surface area (Å²) in [7, 11) is 0. The molecule has 0 spiro atoms. The van der Waals surface area contributed by atoms with Gasteiger partial charge in [0.2, 0.25) is 0 Å². The second-order valence-electron chi connectivity index (χ2n) is 6.62. The zero-order valence-electron chi connectivity index (χ0n) is 13.6. The van der Waals surface area contributed by atoms with Crippen LogP contribution in [0, 0.1) is 5.92 Å². The molecule has 0 unspecified atom stereocenters. The van der Waals surface area contributed by atoms with E-state index in [0.29, 0.717) is 13.2 Å².